The molecule has 0 unspecified atom stereocenters. The van der Waals surface area contributed by atoms with Crippen LogP contribution in [-0.2, 0) is 11.2 Å². The first kappa shape index (κ1) is 16.4. The van der Waals surface area contributed by atoms with Gasteiger partial charge in [-0.15, -0.1) is 0 Å². The molecule has 0 bridgehead atoms. The van der Waals surface area contributed by atoms with Crippen LogP contribution in [0.4, 0.5) is 5.82 Å². The van der Waals surface area contributed by atoms with Gasteiger partial charge in [0.1, 0.15) is 5.82 Å². The lowest BCUT2D eigenvalue weighted by Crippen LogP contribution is -2.20. The summed E-state index contributed by atoms with van der Waals surface area (Å²) >= 11 is 0. The van der Waals surface area contributed by atoms with Crippen LogP contribution in [0.2, 0.25) is 0 Å². The van der Waals surface area contributed by atoms with Crippen LogP contribution in [0.25, 0.3) is 0 Å². The van der Waals surface area contributed by atoms with Gasteiger partial charge in [-0.1, -0.05) is 6.92 Å². The molecule has 6 heteroatoms. The summed E-state index contributed by atoms with van der Waals surface area (Å²) in [5.41, 5.74) is 1.02. The molecule has 0 fully saturated rings. The van der Waals surface area contributed by atoms with Gasteiger partial charge in [0.25, 0.3) is 0 Å². The highest BCUT2D eigenvalue weighted by Crippen LogP contribution is 2.11. The van der Waals surface area contributed by atoms with Crippen molar-refractivity contribution in [2.45, 2.75) is 13.3 Å². The number of nitrogens with one attached hydrogen (secondary N) is 1. The lowest BCUT2D eigenvalue weighted by molar-refractivity contribution is 0.0696. The van der Waals surface area contributed by atoms with Crippen molar-refractivity contribution >= 4 is 11.8 Å². The number of likely N-dealkylation sites (N-methyl/N-ethyl adjacent to an activating group) is 1. The predicted molar refractivity (Wildman–Crippen MR) is 78.4 cm³/mol. The number of hydrogen-bond acceptors (Lipinski definition) is 5. The zero-order valence-corrected chi connectivity index (χ0v) is 12.3. The van der Waals surface area contributed by atoms with Crippen molar-refractivity contribution < 1.29 is 14.6 Å². The van der Waals surface area contributed by atoms with Gasteiger partial charge in [-0.25, -0.2) is 9.78 Å². The molecule has 1 aromatic rings. The van der Waals surface area contributed by atoms with E-state index in [1.54, 1.807) is 12.1 Å². The molecule has 1 heterocycles. The van der Waals surface area contributed by atoms with E-state index in [4.69, 9.17) is 9.84 Å². The molecule has 1 rings (SSSR count). The van der Waals surface area contributed by atoms with E-state index in [1.807, 2.05) is 21.0 Å². The van der Waals surface area contributed by atoms with Crippen LogP contribution in [0.1, 0.15) is 23.0 Å². The molecular weight excluding hydrogens is 258 g/mol. The third-order valence-corrected chi connectivity index (χ3v) is 2.72. The maximum atomic E-state index is 11.0. The van der Waals surface area contributed by atoms with Crippen LogP contribution in [0.5, 0.6) is 0 Å². The standard InChI is InChI=1S/C14H23N3O3/c1-4-12-9-11(14(18)19)10-13(16-12)15-5-7-20-8-6-17(2)3/h9-10H,4-8H2,1-3H3,(H,15,16)(H,18,19). The number of carboxylic acids is 1. The first-order valence-corrected chi connectivity index (χ1v) is 6.73. The second kappa shape index (κ2) is 8.50. The van der Waals surface area contributed by atoms with Gasteiger partial charge in [-0.05, 0) is 32.6 Å². The van der Waals surface area contributed by atoms with Crippen molar-refractivity contribution in [1.82, 2.24) is 9.88 Å². The molecule has 0 saturated carbocycles. The average molecular weight is 281 g/mol. The summed E-state index contributed by atoms with van der Waals surface area (Å²) in [6.07, 6.45) is 0.704. The minimum atomic E-state index is -0.938. The molecule has 112 valence electrons. The zero-order chi connectivity index (χ0) is 15.0. The molecule has 0 atom stereocenters. The average Bonchev–Trinajstić information content (AvgIpc) is 2.41. The van der Waals surface area contributed by atoms with Crippen molar-refractivity contribution in [2.75, 3.05) is 45.7 Å². The monoisotopic (exact) mass is 281 g/mol. The lowest BCUT2D eigenvalue weighted by atomic mass is 10.2. The van der Waals surface area contributed by atoms with Gasteiger partial charge in [-0.3, -0.25) is 0 Å². The Hall–Kier alpha value is -1.66. The SMILES string of the molecule is CCc1cc(C(=O)O)cc(NCCOCCN(C)C)n1. The molecular formula is C14H23N3O3. The topological polar surface area (TPSA) is 74.7 Å². The van der Waals surface area contributed by atoms with Crippen molar-refractivity contribution in [3.63, 3.8) is 0 Å². The summed E-state index contributed by atoms with van der Waals surface area (Å²) in [6.45, 7) is 4.67. The number of nitrogens with zero attached hydrogens (tertiary/aromatic N) is 2. The van der Waals surface area contributed by atoms with Gasteiger partial charge in [0.15, 0.2) is 0 Å². The largest absolute Gasteiger partial charge is 0.478 e. The molecule has 0 aliphatic heterocycles. The van der Waals surface area contributed by atoms with Crippen molar-refractivity contribution in [3.05, 3.63) is 23.4 Å². The number of ether oxygens (including phenoxy) is 1. The van der Waals surface area contributed by atoms with Crippen molar-refractivity contribution in [1.29, 1.82) is 0 Å². The van der Waals surface area contributed by atoms with Crippen molar-refractivity contribution in [3.8, 4) is 0 Å². The Kier molecular flexibility index (Phi) is 6.97. The Morgan fingerprint density at radius 2 is 2.15 bits per heavy atom. The number of aromatic nitrogens is 1. The second-order valence-electron chi connectivity index (χ2n) is 4.73. The maximum absolute atomic E-state index is 11.0. The van der Waals surface area contributed by atoms with Crippen LogP contribution in [0.3, 0.4) is 0 Å². The van der Waals surface area contributed by atoms with E-state index in [1.165, 1.54) is 0 Å². The predicted octanol–water partition coefficient (Wildman–Crippen LogP) is 1.33. The van der Waals surface area contributed by atoms with E-state index in [0.29, 0.717) is 32.0 Å². The summed E-state index contributed by atoms with van der Waals surface area (Å²) in [5.74, 6) is -0.356. The van der Waals surface area contributed by atoms with Crippen molar-refractivity contribution in [2.24, 2.45) is 0 Å². The number of carboxylic acid groups (broad SMARTS) is 1. The van der Waals surface area contributed by atoms with Crippen LogP contribution in [0.15, 0.2) is 12.1 Å². The summed E-state index contributed by atoms with van der Waals surface area (Å²) in [7, 11) is 3.99. The van der Waals surface area contributed by atoms with E-state index in [2.05, 4.69) is 15.2 Å². The van der Waals surface area contributed by atoms with E-state index in [-0.39, 0.29) is 5.56 Å². The Bertz CT molecular complexity index is 436. The fraction of sp³-hybridized carbons (Fsp3) is 0.571. The zero-order valence-electron chi connectivity index (χ0n) is 12.3. The second-order valence-corrected chi connectivity index (χ2v) is 4.73. The summed E-state index contributed by atoms with van der Waals surface area (Å²) < 4.78 is 5.45. The summed E-state index contributed by atoms with van der Waals surface area (Å²) in [5, 5.41) is 12.1. The van der Waals surface area contributed by atoms with E-state index < -0.39 is 5.97 Å². The number of hydrogen-bond donors (Lipinski definition) is 2. The van der Waals surface area contributed by atoms with Gasteiger partial charge in [0.2, 0.25) is 0 Å². The highest BCUT2D eigenvalue weighted by Gasteiger charge is 2.07. The lowest BCUT2D eigenvalue weighted by Gasteiger charge is -2.11. The molecule has 0 amide bonds. The molecule has 2 N–H and O–H groups in total. The highest BCUT2D eigenvalue weighted by molar-refractivity contribution is 5.88. The highest BCUT2D eigenvalue weighted by atomic mass is 16.5. The molecule has 0 radical (unpaired) electrons. The Morgan fingerprint density at radius 1 is 1.40 bits per heavy atom. The van der Waals surface area contributed by atoms with E-state index >= 15 is 0 Å². The molecule has 0 aliphatic rings. The number of carbonyl (C=O) groups is 1. The smallest absolute Gasteiger partial charge is 0.335 e. The van der Waals surface area contributed by atoms with Gasteiger partial charge in [0.05, 0.1) is 18.8 Å². The number of aryl methyl sites for hydroxylation is 1. The molecule has 20 heavy (non-hydrogen) atoms. The van der Waals surface area contributed by atoms with Crippen LogP contribution < -0.4 is 5.32 Å². The summed E-state index contributed by atoms with van der Waals surface area (Å²) in [4.78, 5) is 17.4. The van der Waals surface area contributed by atoms with Gasteiger partial charge >= 0.3 is 5.97 Å². The van der Waals surface area contributed by atoms with Crippen LogP contribution in [0, 0.1) is 0 Å². The number of anilines is 1. The third-order valence-electron chi connectivity index (χ3n) is 2.72. The molecule has 6 nitrogen and oxygen atoms in total. The quantitative estimate of drug-likeness (QED) is 0.665. The molecule has 0 saturated heterocycles. The van der Waals surface area contributed by atoms with Gasteiger partial charge in [-0.2, -0.15) is 0 Å². The van der Waals surface area contributed by atoms with E-state index in [0.717, 1.165) is 12.2 Å². The molecule has 0 spiro atoms. The third kappa shape index (κ3) is 5.99. The number of aromatic carboxylic acids is 1. The molecule has 0 aliphatic carbocycles. The van der Waals surface area contributed by atoms with Gasteiger partial charge < -0.3 is 20.1 Å². The normalized spacial score (nSPS) is 10.8. The number of rotatable bonds is 9. The Labute approximate surface area is 119 Å². The van der Waals surface area contributed by atoms with E-state index in [9.17, 15) is 4.79 Å². The van der Waals surface area contributed by atoms with Crippen LogP contribution >= 0.6 is 0 Å². The Morgan fingerprint density at radius 3 is 2.75 bits per heavy atom. The molecule has 1 aromatic heterocycles. The van der Waals surface area contributed by atoms with Crippen LogP contribution in [-0.4, -0.2) is 61.4 Å². The number of pyridine rings is 1. The summed E-state index contributed by atoms with van der Waals surface area (Å²) in [6, 6.07) is 3.14. The fourth-order valence-corrected chi connectivity index (χ4v) is 1.58. The first-order chi connectivity index (χ1) is 9.52. The minimum absolute atomic E-state index is 0.257. The minimum Gasteiger partial charge on any atom is -0.478 e. The van der Waals surface area contributed by atoms with Gasteiger partial charge in [0, 0.05) is 18.8 Å². The first-order valence-electron chi connectivity index (χ1n) is 6.73. The maximum Gasteiger partial charge on any atom is 0.335 e. The Balaban J connectivity index is 2.43. The molecule has 0 aromatic carbocycles. The fourth-order valence-electron chi connectivity index (χ4n) is 1.58.